The summed E-state index contributed by atoms with van der Waals surface area (Å²) >= 11 is 0. The van der Waals surface area contributed by atoms with Crippen LogP contribution in [0.15, 0.2) is 24.3 Å². The van der Waals surface area contributed by atoms with Crippen LogP contribution in [-0.2, 0) is 9.53 Å². The Morgan fingerprint density at radius 1 is 0.897 bits per heavy atom. The smallest absolute Gasteiger partial charge is 0.339 e. The van der Waals surface area contributed by atoms with Crippen LogP contribution in [0.2, 0.25) is 0 Å². The van der Waals surface area contributed by atoms with Crippen molar-refractivity contribution in [3.63, 3.8) is 0 Å². The molecule has 2 rings (SSSR count). The first-order valence-electron chi connectivity index (χ1n) is 10.9. The van der Waals surface area contributed by atoms with E-state index in [-0.39, 0.29) is 17.2 Å². The Morgan fingerprint density at radius 3 is 1.69 bits per heavy atom. The number of hydrogen-bond donors (Lipinski definition) is 3. The molecule has 6 heteroatoms. The number of aromatic hydroxyl groups is 1. The first kappa shape index (κ1) is 26.9. The number of carboxylic acids is 1. The van der Waals surface area contributed by atoms with Crippen molar-refractivity contribution in [2.24, 2.45) is 5.73 Å². The van der Waals surface area contributed by atoms with E-state index < -0.39 is 5.97 Å². The lowest BCUT2D eigenvalue weighted by Crippen LogP contribution is -2.09. The number of rotatable bonds is 13. The predicted molar refractivity (Wildman–Crippen MR) is 116 cm³/mol. The van der Waals surface area contributed by atoms with Gasteiger partial charge >= 0.3 is 5.97 Å². The van der Waals surface area contributed by atoms with Crippen LogP contribution >= 0.6 is 0 Å². The van der Waals surface area contributed by atoms with Crippen LogP contribution in [0.5, 0.6) is 5.75 Å². The SMILES string of the molecule is C1CO1.CCCCCCCCCCCCCC(N)=O.O=C(O)c1ccccc1O. The minimum Gasteiger partial charge on any atom is -0.507 e. The van der Waals surface area contributed by atoms with Crippen molar-refractivity contribution < 1.29 is 24.5 Å². The molecule has 0 bridgehead atoms. The number of aromatic carboxylic acids is 1. The van der Waals surface area contributed by atoms with Gasteiger partial charge in [-0.15, -0.1) is 0 Å². The Kier molecular flexibility index (Phi) is 17.9. The zero-order valence-electron chi connectivity index (χ0n) is 17.9. The molecular formula is C23H39NO5. The van der Waals surface area contributed by atoms with Gasteiger partial charge in [-0.1, -0.05) is 83.3 Å². The summed E-state index contributed by atoms with van der Waals surface area (Å²) in [5.41, 5.74) is 5.01. The van der Waals surface area contributed by atoms with Crippen molar-refractivity contribution in [2.75, 3.05) is 13.2 Å². The van der Waals surface area contributed by atoms with Gasteiger partial charge in [0.25, 0.3) is 0 Å². The number of carbonyl (C=O) groups is 2. The highest BCUT2D eigenvalue weighted by Gasteiger charge is 2.05. The second kappa shape index (κ2) is 19.2. The summed E-state index contributed by atoms with van der Waals surface area (Å²) in [6, 6.07) is 5.81. The number of primary amides is 1. The molecule has 166 valence electrons. The van der Waals surface area contributed by atoms with Crippen LogP contribution in [0.1, 0.15) is 94.3 Å². The average molecular weight is 410 g/mol. The molecule has 0 aliphatic carbocycles. The molecule has 29 heavy (non-hydrogen) atoms. The van der Waals surface area contributed by atoms with E-state index in [1.807, 2.05) is 0 Å². The quantitative estimate of drug-likeness (QED) is 0.303. The first-order chi connectivity index (χ1) is 14.0. The normalized spacial score (nSPS) is 11.5. The first-order valence-corrected chi connectivity index (χ1v) is 10.9. The highest BCUT2D eigenvalue weighted by atomic mass is 16.6. The molecule has 0 aromatic heterocycles. The molecule has 4 N–H and O–H groups in total. The topological polar surface area (TPSA) is 113 Å². The van der Waals surface area contributed by atoms with Crippen LogP contribution < -0.4 is 5.73 Å². The number of ether oxygens (including phenoxy) is 1. The van der Waals surface area contributed by atoms with Gasteiger partial charge in [-0.25, -0.2) is 4.79 Å². The number of phenols is 1. The molecule has 1 saturated heterocycles. The van der Waals surface area contributed by atoms with Crippen molar-refractivity contribution in [3.05, 3.63) is 29.8 Å². The number of carboxylic acid groups (broad SMARTS) is 1. The number of nitrogens with two attached hydrogens (primary N) is 1. The molecule has 1 aliphatic rings. The predicted octanol–water partition coefficient (Wildman–Crippen LogP) is 5.28. The van der Waals surface area contributed by atoms with Crippen molar-refractivity contribution in [3.8, 4) is 5.75 Å². The summed E-state index contributed by atoms with van der Waals surface area (Å²) in [7, 11) is 0. The van der Waals surface area contributed by atoms with Gasteiger partial charge in [0.2, 0.25) is 5.91 Å². The van der Waals surface area contributed by atoms with Gasteiger partial charge in [-0.3, -0.25) is 4.79 Å². The van der Waals surface area contributed by atoms with E-state index >= 15 is 0 Å². The number of carbonyl (C=O) groups excluding carboxylic acids is 1. The largest absolute Gasteiger partial charge is 0.507 e. The molecule has 1 aliphatic heterocycles. The Hall–Kier alpha value is -2.08. The molecule has 1 fully saturated rings. The third kappa shape index (κ3) is 20.5. The molecule has 0 unspecified atom stereocenters. The Balaban J connectivity index is 0.000000503. The standard InChI is InChI=1S/C14H29NO.C7H6O3.C2H4O/c1-2-3-4-5-6-7-8-9-10-11-12-13-14(15)16;8-6-4-2-1-3-5(6)7(9)10;1-2-3-1/h2-13H2,1H3,(H2,15,16);1-4,8H,(H,9,10);1-2H2. The molecule has 1 aromatic rings. The summed E-state index contributed by atoms with van der Waals surface area (Å²) in [5, 5.41) is 17.3. The number of hydrogen-bond acceptors (Lipinski definition) is 4. The fourth-order valence-corrected chi connectivity index (χ4v) is 2.62. The summed E-state index contributed by atoms with van der Waals surface area (Å²) < 4.78 is 4.50. The molecule has 0 spiro atoms. The van der Waals surface area contributed by atoms with Crippen LogP contribution in [0, 0.1) is 0 Å². The van der Waals surface area contributed by atoms with E-state index in [2.05, 4.69) is 11.7 Å². The van der Waals surface area contributed by atoms with Crippen molar-refractivity contribution in [1.29, 1.82) is 0 Å². The van der Waals surface area contributed by atoms with Gasteiger partial charge in [0.15, 0.2) is 0 Å². The highest BCUT2D eigenvalue weighted by molar-refractivity contribution is 5.90. The number of unbranched alkanes of at least 4 members (excludes halogenated alkanes) is 10. The number of para-hydroxylation sites is 1. The summed E-state index contributed by atoms with van der Waals surface area (Å²) in [6.07, 6.45) is 15.0. The van der Waals surface area contributed by atoms with Gasteiger partial charge < -0.3 is 20.7 Å². The monoisotopic (exact) mass is 409 g/mol. The third-order valence-corrected chi connectivity index (χ3v) is 4.37. The maximum absolute atomic E-state index is 10.5. The second-order valence-electron chi connectivity index (χ2n) is 7.19. The lowest BCUT2D eigenvalue weighted by atomic mass is 10.1. The van der Waals surface area contributed by atoms with Crippen molar-refractivity contribution >= 4 is 11.9 Å². The molecule has 6 nitrogen and oxygen atoms in total. The van der Waals surface area contributed by atoms with Gasteiger partial charge in [0.05, 0.1) is 13.2 Å². The van der Waals surface area contributed by atoms with E-state index in [4.69, 9.17) is 15.9 Å². The number of benzene rings is 1. The number of epoxide rings is 1. The zero-order valence-corrected chi connectivity index (χ0v) is 17.9. The summed E-state index contributed by atoms with van der Waals surface area (Å²) in [5.74, 6) is -1.47. The number of amides is 1. The molecule has 0 radical (unpaired) electrons. The Bertz CT molecular complexity index is 543. The molecule has 0 saturated carbocycles. The fourth-order valence-electron chi connectivity index (χ4n) is 2.62. The average Bonchev–Trinajstić information content (AvgIpc) is 3.56. The molecule has 1 aromatic carbocycles. The summed E-state index contributed by atoms with van der Waals surface area (Å²) in [6.45, 7) is 4.26. The molecule has 0 atom stereocenters. The lowest BCUT2D eigenvalue weighted by molar-refractivity contribution is -0.118. The van der Waals surface area contributed by atoms with Crippen LogP contribution in [0.3, 0.4) is 0 Å². The van der Waals surface area contributed by atoms with Crippen LogP contribution in [-0.4, -0.2) is 35.3 Å². The lowest BCUT2D eigenvalue weighted by Gasteiger charge is -2.01. The van der Waals surface area contributed by atoms with Crippen LogP contribution in [0.25, 0.3) is 0 Å². The third-order valence-electron chi connectivity index (χ3n) is 4.37. The second-order valence-corrected chi connectivity index (χ2v) is 7.19. The molecule has 1 heterocycles. The van der Waals surface area contributed by atoms with E-state index in [9.17, 15) is 9.59 Å². The van der Waals surface area contributed by atoms with Gasteiger partial charge in [-0.2, -0.15) is 0 Å². The van der Waals surface area contributed by atoms with Gasteiger partial charge in [0.1, 0.15) is 11.3 Å². The fraction of sp³-hybridized carbons (Fsp3) is 0.652. The zero-order chi connectivity index (χ0) is 21.7. The van der Waals surface area contributed by atoms with E-state index in [1.54, 1.807) is 12.1 Å². The minimum absolute atomic E-state index is 0.0671. The van der Waals surface area contributed by atoms with E-state index in [0.29, 0.717) is 6.42 Å². The van der Waals surface area contributed by atoms with Gasteiger partial charge in [0, 0.05) is 6.42 Å². The van der Waals surface area contributed by atoms with E-state index in [0.717, 1.165) is 19.6 Å². The highest BCUT2D eigenvalue weighted by Crippen LogP contribution is 2.14. The van der Waals surface area contributed by atoms with E-state index in [1.165, 1.54) is 76.3 Å². The maximum atomic E-state index is 10.5. The van der Waals surface area contributed by atoms with Crippen LogP contribution in [0.4, 0.5) is 0 Å². The molecular weight excluding hydrogens is 370 g/mol. The minimum atomic E-state index is -1.11. The van der Waals surface area contributed by atoms with Crippen molar-refractivity contribution in [1.82, 2.24) is 0 Å². The van der Waals surface area contributed by atoms with Gasteiger partial charge in [-0.05, 0) is 18.6 Å². The molecule has 1 amide bonds. The van der Waals surface area contributed by atoms with Crippen molar-refractivity contribution in [2.45, 2.75) is 84.0 Å². The summed E-state index contributed by atoms with van der Waals surface area (Å²) in [4.78, 5) is 20.7. The Labute approximate surface area is 175 Å². The maximum Gasteiger partial charge on any atom is 0.339 e. The Morgan fingerprint density at radius 2 is 1.34 bits per heavy atom.